The maximum absolute atomic E-state index is 6.42. The minimum absolute atomic E-state index is 0.150. The van der Waals surface area contributed by atoms with Crippen molar-refractivity contribution < 1.29 is 0 Å². The van der Waals surface area contributed by atoms with Crippen LogP contribution in [0.25, 0.3) is 0 Å². The van der Waals surface area contributed by atoms with E-state index in [0.717, 1.165) is 27.0 Å². The quantitative estimate of drug-likeness (QED) is 0.391. The molecule has 4 heteroatoms. The fourth-order valence-electron chi connectivity index (χ4n) is 4.04. The maximum Gasteiger partial charge on any atom is 0.0425 e. The molecule has 0 aliphatic carbocycles. The molecule has 2 aromatic carbocycles. The van der Waals surface area contributed by atoms with E-state index in [9.17, 15) is 0 Å². The molecule has 0 radical (unpaired) electrons. The van der Waals surface area contributed by atoms with Gasteiger partial charge < -0.3 is 5.32 Å². The number of hydrogen-bond acceptors (Lipinski definition) is 1. The third-order valence-corrected chi connectivity index (χ3v) is 7.07. The number of allylic oxidation sites excluding steroid dienone is 9. The summed E-state index contributed by atoms with van der Waals surface area (Å²) in [6.07, 6.45) is 11.7. The zero-order chi connectivity index (χ0) is 24.4. The number of anilines is 1. The van der Waals surface area contributed by atoms with Crippen LogP contribution in [0, 0.1) is 6.92 Å². The van der Waals surface area contributed by atoms with E-state index in [1.165, 1.54) is 16.7 Å². The monoisotopic (exact) mass is 497 g/mol. The Bertz CT molecular complexity index is 1190. The molecule has 0 bridgehead atoms. The average Bonchev–Trinajstić information content (AvgIpc) is 2.99. The van der Waals surface area contributed by atoms with Gasteiger partial charge in [0, 0.05) is 37.3 Å². The van der Waals surface area contributed by atoms with Crippen LogP contribution >= 0.6 is 34.8 Å². The molecule has 0 fully saturated rings. The number of hydrogen-bond donors (Lipinski definition) is 1. The second kappa shape index (κ2) is 9.97. The lowest BCUT2D eigenvalue weighted by atomic mass is 9.76. The van der Waals surface area contributed by atoms with Gasteiger partial charge in [-0.2, -0.15) is 0 Å². The van der Waals surface area contributed by atoms with Crippen LogP contribution in [0.4, 0.5) is 5.69 Å². The molecule has 0 spiro atoms. The van der Waals surface area contributed by atoms with Crippen molar-refractivity contribution in [1.29, 1.82) is 0 Å². The third kappa shape index (κ3) is 5.66. The van der Waals surface area contributed by atoms with Crippen LogP contribution in [0.3, 0.4) is 0 Å². The van der Waals surface area contributed by atoms with Gasteiger partial charge in [0.05, 0.1) is 0 Å². The van der Waals surface area contributed by atoms with Crippen molar-refractivity contribution in [2.24, 2.45) is 0 Å². The van der Waals surface area contributed by atoms with Gasteiger partial charge in [-0.05, 0) is 77.7 Å². The molecule has 1 heterocycles. The Labute approximate surface area is 213 Å². The van der Waals surface area contributed by atoms with Crippen LogP contribution in [-0.2, 0) is 10.8 Å². The second-order valence-corrected chi connectivity index (χ2v) is 10.7. The first-order valence-corrected chi connectivity index (χ1v) is 12.0. The highest BCUT2D eigenvalue weighted by Gasteiger charge is 2.34. The molecule has 0 unspecified atom stereocenters. The lowest BCUT2D eigenvalue weighted by molar-refractivity contribution is 0.637. The third-order valence-electron chi connectivity index (χ3n) is 6.34. The van der Waals surface area contributed by atoms with Crippen LogP contribution in [-0.4, -0.2) is 0 Å². The smallest absolute Gasteiger partial charge is 0.0425 e. The minimum Gasteiger partial charge on any atom is -0.358 e. The molecular weight excluding hydrogens is 469 g/mol. The molecule has 1 nitrogen and oxygen atoms in total. The molecule has 172 valence electrons. The number of rotatable bonds is 6. The topological polar surface area (TPSA) is 12.0 Å². The second-order valence-electron chi connectivity index (χ2n) is 9.40. The van der Waals surface area contributed by atoms with Crippen molar-refractivity contribution in [3.05, 3.63) is 122 Å². The Morgan fingerprint density at radius 2 is 1.67 bits per heavy atom. The number of halogens is 3. The average molecular weight is 499 g/mol. The summed E-state index contributed by atoms with van der Waals surface area (Å²) in [6.45, 7) is 15.0. The van der Waals surface area contributed by atoms with Crippen LogP contribution in [0.5, 0.6) is 0 Å². The predicted molar refractivity (Wildman–Crippen MR) is 147 cm³/mol. The van der Waals surface area contributed by atoms with Gasteiger partial charge in [-0.25, -0.2) is 0 Å². The molecule has 0 saturated carbocycles. The normalized spacial score (nSPS) is 17.1. The SMILES string of the molecule is C=C(/C=C/C=C(Cl)/C=C/C=C1/Nc2ccc(Cl)cc2C1(C)C)C(C)(C)c1cc(Cl)ccc1C. The van der Waals surface area contributed by atoms with E-state index in [0.29, 0.717) is 5.03 Å². The molecule has 33 heavy (non-hydrogen) atoms. The molecule has 0 amide bonds. The minimum atomic E-state index is -0.246. The van der Waals surface area contributed by atoms with Crippen molar-refractivity contribution in [3.63, 3.8) is 0 Å². The van der Waals surface area contributed by atoms with Crippen molar-refractivity contribution in [1.82, 2.24) is 0 Å². The van der Waals surface area contributed by atoms with Crippen LogP contribution < -0.4 is 5.32 Å². The zero-order valence-corrected chi connectivity index (χ0v) is 22.0. The Morgan fingerprint density at radius 1 is 1.00 bits per heavy atom. The Balaban J connectivity index is 1.69. The van der Waals surface area contributed by atoms with Crippen LogP contribution in [0.15, 0.2) is 95.7 Å². The molecule has 1 aliphatic heterocycles. The lowest BCUT2D eigenvalue weighted by Gasteiger charge is -2.28. The molecule has 0 saturated heterocycles. The summed E-state index contributed by atoms with van der Waals surface area (Å²) in [5.74, 6) is 0. The van der Waals surface area contributed by atoms with Gasteiger partial charge in [0.2, 0.25) is 0 Å². The van der Waals surface area contributed by atoms with Gasteiger partial charge in [0.25, 0.3) is 0 Å². The standard InChI is InChI=1S/C29H30Cl3N/c1-19-13-14-22(31)17-24(19)28(3,4)20(2)9-7-10-21(30)11-8-12-27-29(5,6)25-18-23(32)15-16-26(25)33-27/h7-18,33H,2H2,1,3-6H3/b9-7+,11-8+,21-10-,27-12+. The van der Waals surface area contributed by atoms with Gasteiger partial charge in [-0.3, -0.25) is 0 Å². The Kier molecular flexibility index (Phi) is 7.69. The van der Waals surface area contributed by atoms with Crippen LogP contribution in [0.2, 0.25) is 10.0 Å². The summed E-state index contributed by atoms with van der Waals surface area (Å²) in [5, 5.41) is 5.58. The summed E-state index contributed by atoms with van der Waals surface area (Å²) in [7, 11) is 0. The summed E-state index contributed by atoms with van der Waals surface area (Å²) in [5.41, 5.74) is 6.32. The van der Waals surface area contributed by atoms with E-state index < -0.39 is 0 Å². The molecule has 2 aromatic rings. The van der Waals surface area contributed by atoms with Crippen molar-refractivity contribution in [3.8, 4) is 0 Å². The highest BCUT2D eigenvalue weighted by Crippen LogP contribution is 2.44. The largest absolute Gasteiger partial charge is 0.358 e. The fourth-order valence-corrected chi connectivity index (χ4v) is 4.53. The molecule has 1 N–H and O–H groups in total. The van der Waals surface area contributed by atoms with Gasteiger partial charge in [-0.1, -0.05) is 93.4 Å². The Morgan fingerprint density at radius 3 is 2.39 bits per heavy atom. The zero-order valence-electron chi connectivity index (χ0n) is 19.8. The summed E-state index contributed by atoms with van der Waals surface area (Å²) < 4.78 is 0. The van der Waals surface area contributed by atoms with Crippen molar-refractivity contribution in [2.45, 2.75) is 45.4 Å². The number of benzene rings is 2. The Hall–Kier alpha value is -2.19. The number of aryl methyl sites for hydroxylation is 1. The van der Waals surface area contributed by atoms with E-state index in [-0.39, 0.29) is 10.8 Å². The van der Waals surface area contributed by atoms with Gasteiger partial charge in [-0.15, -0.1) is 0 Å². The molecular formula is C29H30Cl3N. The van der Waals surface area contributed by atoms with Crippen molar-refractivity contribution in [2.75, 3.05) is 5.32 Å². The lowest BCUT2D eigenvalue weighted by Crippen LogP contribution is -2.20. The summed E-state index contributed by atoms with van der Waals surface area (Å²) in [6, 6.07) is 11.9. The fraction of sp³-hybridized carbons (Fsp3) is 0.241. The van der Waals surface area contributed by atoms with E-state index in [1.54, 1.807) is 0 Å². The van der Waals surface area contributed by atoms with Gasteiger partial charge in [0.15, 0.2) is 0 Å². The first-order chi connectivity index (χ1) is 15.4. The van der Waals surface area contributed by atoms with Crippen LogP contribution in [0.1, 0.15) is 44.4 Å². The highest BCUT2D eigenvalue weighted by molar-refractivity contribution is 6.31. The predicted octanol–water partition coefficient (Wildman–Crippen LogP) is 9.66. The summed E-state index contributed by atoms with van der Waals surface area (Å²) >= 11 is 18.8. The van der Waals surface area contributed by atoms with Crippen molar-refractivity contribution >= 4 is 40.5 Å². The number of fused-ring (bicyclic) bond motifs is 1. The first-order valence-electron chi connectivity index (χ1n) is 10.9. The van der Waals surface area contributed by atoms with Gasteiger partial charge in [0.1, 0.15) is 0 Å². The molecule has 0 atom stereocenters. The number of nitrogens with one attached hydrogen (secondary N) is 1. The maximum atomic E-state index is 6.42. The van der Waals surface area contributed by atoms with Gasteiger partial charge >= 0.3 is 0 Å². The van der Waals surface area contributed by atoms with E-state index in [2.05, 4.69) is 52.6 Å². The molecule has 1 aliphatic rings. The summed E-state index contributed by atoms with van der Waals surface area (Å²) in [4.78, 5) is 0. The van der Waals surface area contributed by atoms with E-state index in [4.69, 9.17) is 34.8 Å². The van der Waals surface area contributed by atoms with E-state index in [1.807, 2.05) is 66.8 Å². The molecule has 0 aromatic heterocycles. The molecule has 3 rings (SSSR count). The van der Waals surface area contributed by atoms with E-state index >= 15 is 0 Å². The first kappa shape index (κ1) is 25.4. The highest BCUT2D eigenvalue weighted by atomic mass is 35.5.